The Labute approximate surface area is 264 Å². The molecule has 2 aromatic heterocycles. The lowest BCUT2D eigenvalue weighted by atomic mass is 9.81. The van der Waals surface area contributed by atoms with Crippen LogP contribution in [0.4, 0.5) is 11.6 Å². The number of fused-ring (bicyclic) bond motifs is 2. The van der Waals surface area contributed by atoms with E-state index in [0.717, 1.165) is 22.4 Å². The summed E-state index contributed by atoms with van der Waals surface area (Å²) in [5.74, 6) is 1.24. The molecular formula is C34H27ClN8O2. The molecule has 0 radical (unpaired) electrons. The van der Waals surface area contributed by atoms with Crippen LogP contribution in [0.25, 0.3) is 0 Å². The summed E-state index contributed by atoms with van der Waals surface area (Å²) in [7, 11) is 3.47. The van der Waals surface area contributed by atoms with Crippen molar-refractivity contribution in [3.05, 3.63) is 148 Å². The number of methoxy groups -OCH3 is 1. The van der Waals surface area contributed by atoms with Crippen molar-refractivity contribution in [1.82, 2.24) is 29.8 Å². The molecule has 0 bridgehead atoms. The standard InChI is InChI=1S/C34H27ClN8O2/c1-41-21-37-19-31(41)34(44,25-10-13-28(45-2)14-11-25)26-12-15-30-29(17-26)32(24-4-3-5-27(35)16-24)43-33(38-39-40-43)42(30)20-23-8-6-22(18-36)7-9-23/h3-17,19,21,32,44H,20H2,1-2H3. The summed E-state index contributed by atoms with van der Waals surface area (Å²) in [6.45, 7) is 0.450. The first-order valence-corrected chi connectivity index (χ1v) is 14.6. The van der Waals surface area contributed by atoms with Gasteiger partial charge in [0.15, 0.2) is 5.60 Å². The lowest BCUT2D eigenvalue weighted by molar-refractivity contribution is 0.117. The number of nitriles is 1. The zero-order valence-electron chi connectivity index (χ0n) is 24.4. The summed E-state index contributed by atoms with van der Waals surface area (Å²) < 4.78 is 8.99. The van der Waals surface area contributed by atoms with E-state index >= 15 is 0 Å². The number of halogens is 1. The molecule has 0 saturated heterocycles. The lowest BCUT2D eigenvalue weighted by Crippen LogP contribution is -2.34. The number of aryl methyl sites for hydroxylation is 1. The van der Waals surface area contributed by atoms with E-state index in [1.807, 2.05) is 95.4 Å². The first-order chi connectivity index (χ1) is 21.9. The van der Waals surface area contributed by atoms with Crippen molar-refractivity contribution in [1.29, 1.82) is 5.26 Å². The van der Waals surface area contributed by atoms with Crippen molar-refractivity contribution in [2.75, 3.05) is 12.0 Å². The number of rotatable bonds is 7. The number of aliphatic hydroxyl groups is 1. The smallest absolute Gasteiger partial charge is 0.251 e. The van der Waals surface area contributed by atoms with Gasteiger partial charge in [0.25, 0.3) is 5.95 Å². The van der Waals surface area contributed by atoms with Crippen LogP contribution in [0.2, 0.25) is 5.02 Å². The molecule has 1 aliphatic heterocycles. The molecule has 0 amide bonds. The number of hydrogen-bond donors (Lipinski definition) is 1. The number of ether oxygens (including phenoxy) is 1. The number of anilines is 2. The monoisotopic (exact) mass is 614 g/mol. The fraction of sp³-hybridized carbons (Fsp3) is 0.147. The van der Waals surface area contributed by atoms with Crippen LogP contribution >= 0.6 is 11.6 Å². The van der Waals surface area contributed by atoms with Gasteiger partial charge in [0.1, 0.15) is 11.8 Å². The van der Waals surface area contributed by atoms with Crippen LogP contribution in [0.15, 0.2) is 104 Å². The van der Waals surface area contributed by atoms with Gasteiger partial charge in [0.05, 0.1) is 43.5 Å². The van der Waals surface area contributed by atoms with E-state index in [1.54, 1.807) is 36.4 Å². The Balaban J connectivity index is 1.44. The van der Waals surface area contributed by atoms with E-state index in [-0.39, 0.29) is 0 Å². The van der Waals surface area contributed by atoms with Crippen LogP contribution in [0.1, 0.15) is 45.1 Å². The predicted octanol–water partition coefficient (Wildman–Crippen LogP) is 5.51. The second-order valence-corrected chi connectivity index (χ2v) is 11.3. The number of nitrogens with zero attached hydrogens (tertiary/aromatic N) is 8. The number of benzene rings is 4. The third kappa shape index (κ3) is 4.79. The van der Waals surface area contributed by atoms with Crippen molar-refractivity contribution in [2.24, 2.45) is 7.05 Å². The number of hydrogen-bond acceptors (Lipinski definition) is 8. The molecule has 2 atom stereocenters. The van der Waals surface area contributed by atoms with Gasteiger partial charge in [0.2, 0.25) is 0 Å². The van der Waals surface area contributed by atoms with Crippen molar-refractivity contribution in [2.45, 2.75) is 18.2 Å². The summed E-state index contributed by atoms with van der Waals surface area (Å²) >= 11 is 6.49. The lowest BCUT2D eigenvalue weighted by Gasteiger charge is -2.37. The van der Waals surface area contributed by atoms with Crippen LogP contribution in [0.5, 0.6) is 5.75 Å². The summed E-state index contributed by atoms with van der Waals surface area (Å²) in [5.41, 5.74) is 4.52. The van der Waals surface area contributed by atoms with Crippen molar-refractivity contribution in [3.8, 4) is 11.8 Å². The van der Waals surface area contributed by atoms with Crippen LogP contribution < -0.4 is 9.64 Å². The number of aromatic nitrogens is 6. The van der Waals surface area contributed by atoms with Crippen LogP contribution in [0, 0.1) is 11.3 Å². The largest absolute Gasteiger partial charge is 0.497 e. The van der Waals surface area contributed by atoms with Crippen LogP contribution in [0.3, 0.4) is 0 Å². The highest BCUT2D eigenvalue weighted by atomic mass is 35.5. The average Bonchev–Trinajstić information content (AvgIpc) is 3.74. The minimum atomic E-state index is -1.57. The van der Waals surface area contributed by atoms with Gasteiger partial charge in [-0.2, -0.15) is 9.94 Å². The Morgan fingerprint density at radius 3 is 2.47 bits per heavy atom. The second-order valence-electron chi connectivity index (χ2n) is 10.9. The third-order valence-corrected chi connectivity index (χ3v) is 8.51. The van der Waals surface area contributed by atoms with Gasteiger partial charge >= 0.3 is 0 Å². The average molecular weight is 615 g/mol. The molecule has 1 N–H and O–H groups in total. The fourth-order valence-corrected chi connectivity index (χ4v) is 6.24. The molecule has 222 valence electrons. The van der Waals surface area contributed by atoms with Gasteiger partial charge in [0, 0.05) is 23.3 Å². The van der Waals surface area contributed by atoms with Crippen LogP contribution in [-0.2, 0) is 19.2 Å². The summed E-state index contributed by atoms with van der Waals surface area (Å²) in [4.78, 5) is 6.37. The molecule has 1 aliphatic rings. The quantitative estimate of drug-likeness (QED) is 0.250. The molecule has 0 saturated carbocycles. The van der Waals surface area contributed by atoms with Crippen molar-refractivity contribution < 1.29 is 9.84 Å². The molecule has 2 unspecified atom stereocenters. The van der Waals surface area contributed by atoms with Crippen molar-refractivity contribution >= 4 is 23.2 Å². The predicted molar refractivity (Wildman–Crippen MR) is 168 cm³/mol. The van der Waals surface area contributed by atoms with Gasteiger partial charge in [-0.3, -0.25) is 0 Å². The maximum Gasteiger partial charge on any atom is 0.251 e. The number of imidazole rings is 1. The molecule has 0 fully saturated rings. The summed E-state index contributed by atoms with van der Waals surface area (Å²) in [6, 6.07) is 30.1. The zero-order chi connectivity index (χ0) is 31.1. The first kappa shape index (κ1) is 28.3. The molecule has 0 aliphatic carbocycles. The minimum Gasteiger partial charge on any atom is -0.497 e. The maximum atomic E-state index is 12.8. The molecule has 3 heterocycles. The maximum absolute atomic E-state index is 12.8. The first-order valence-electron chi connectivity index (χ1n) is 14.2. The third-order valence-electron chi connectivity index (χ3n) is 8.28. The molecule has 7 rings (SSSR count). The number of tetrazole rings is 1. The van der Waals surface area contributed by atoms with E-state index in [4.69, 9.17) is 16.3 Å². The highest BCUT2D eigenvalue weighted by molar-refractivity contribution is 6.30. The van der Waals surface area contributed by atoms with Gasteiger partial charge in [-0.1, -0.05) is 59.2 Å². The molecular weight excluding hydrogens is 588 g/mol. The highest BCUT2D eigenvalue weighted by Crippen LogP contribution is 2.46. The molecule has 0 spiro atoms. The van der Waals surface area contributed by atoms with Crippen LogP contribution in [-0.4, -0.2) is 42.0 Å². The van der Waals surface area contributed by atoms with Gasteiger partial charge in [-0.25, -0.2) is 4.98 Å². The Bertz CT molecular complexity index is 2050. The van der Waals surface area contributed by atoms with Gasteiger partial charge < -0.3 is 19.3 Å². The normalized spacial score (nSPS) is 15.1. The molecule has 10 nitrogen and oxygen atoms in total. The zero-order valence-corrected chi connectivity index (χ0v) is 25.2. The topological polar surface area (TPSA) is 118 Å². The fourth-order valence-electron chi connectivity index (χ4n) is 6.04. The van der Waals surface area contributed by atoms with E-state index in [1.165, 1.54) is 0 Å². The van der Waals surface area contributed by atoms with E-state index in [0.29, 0.717) is 45.6 Å². The highest BCUT2D eigenvalue weighted by Gasteiger charge is 2.40. The van der Waals surface area contributed by atoms with Gasteiger partial charge in [-0.05, 0) is 81.2 Å². The summed E-state index contributed by atoms with van der Waals surface area (Å²) in [6.07, 6.45) is 3.35. The molecule has 11 heteroatoms. The molecule has 4 aromatic carbocycles. The Kier molecular flexibility index (Phi) is 7.04. The van der Waals surface area contributed by atoms with Crippen molar-refractivity contribution in [3.63, 3.8) is 0 Å². The molecule has 6 aromatic rings. The Morgan fingerprint density at radius 1 is 1.00 bits per heavy atom. The summed E-state index contributed by atoms with van der Waals surface area (Å²) in [5, 5.41) is 35.6. The Morgan fingerprint density at radius 2 is 1.78 bits per heavy atom. The van der Waals surface area contributed by atoms with Gasteiger partial charge in [-0.15, -0.1) is 0 Å². The minimum absolute atomic E-state index is 0.437. The SMILES string of the molecule is COc1ccc(C(O)(c2ccc3c(c2)C(c2cccc(Cl)c2)n2nnnc2N3Cc2ccc(C#N)cc2)c2cncn2C)cc1. The van der Waals surface area contributed by atoms with E-state index < -0.39 is 11.6 Å². The van der Waals surface area contributed by atoms with E-state index in [9.17, 15) is 10.4 Å². The van der Waals surface area contributed by atoms with E-state index in [2.05, 4.69) is 26.6 Å². The molecule has 45 heavy (non-hydrogen) atoms. The Hall–Kier alpha value is -5.50. The second kappa shape index (κ2) is 11.2.